The summed E-state index contributed by atoms with van der Waals surface area (Å²) in [5.41, 5.74) is 0.0769. The van der Waals surface area contributed by atoms with Crippen LogP contribution >= 0.6 is 11.6 Å². The zero-order chi connectivity index (χ0) is 12.3. The van der Waals surface area contributed by atoms with Crippen LogP contribution in [0.3, 0.4) is 0 Å². The van der Waals surface area contributed by atoms with Gasteiger partial charge in [-0.1, -0.05) is 11.6 Å². The zero-order valence-electron chi connectivity index (χ0n) is 8.40. The minimum Gasteiger partial charge on any atom is -0.478 e. The number of rotatable bonds is 4. The molecule has 0 spiro atoms. The molecule has 0 aliphatic carbocycles. The van der Waals surface area contributed by atoms with Gasteiger partial charge < -0.3 is 5.11 Å². The van der Waals surface area contributed by atoms with Gasteiger partial charge in [-0.25, -0.2) is 13.2 Å². The van der Waals surface area contributed by atoms with Crippen LogP contribution in [0.25, 0.3) is 0 Å². The van der Waals surface area contributed by atoms with Crippen LogP contribution in [0.4, 0.5) is 5.69 Å². The third-order valence-corrected chi connectivity index (χ3v) is 3.32. The highest BCUT2D eigenvalue weighted by Gasteiger charge is 2.10. The van der Waals surface area contributed by atoms with E-state index in [-0.39, 0.29) is 22.0 Å². The zero-order valence-corrected chi connectivity index (χ0v) is 9.97. The summed E-state index contributed by atoms with van der Waals surface area (Å²) in [7, 11) is -3.43. The highest BCUT2D eigenvalue weighted by molar-refractivity contribution is 7.92. The standard InChI is InChI=1S/C9H10ClNO4S/c1-2-16(14,15)11-8-4-6(9(12)13)3-7(10)5-8/h3-5,11H,2H2,1H3,(H,12,13). The quantitative estimate of drug-likeness (QED) is 0.868. The Morgan fingerprint density at radius 2 is 2.06 bits per heavy atom. The van der Waals surface area contributed by atoms with E-state index >= 15 is 0 Å². The van der Waals surface area contributed by atoms with E-state index < -0.39 is 16.0 Å². The molecule has 0 atom stereocenters. The van der Waals surface area contributed by atoms with Crippen LogP contribution in [0.15, 0.2) is 18.2 Å². The van der Waals surface area contributed by atoms with Gasteiger partial charge in [0.05, 0.1) is 17.0 Å². The van der Waals surface area contributed by atoms with Crippen molar-refractivity contribution >= 4 is 33.3 Å². The second kappa shape index (κ2) is 4.71. The summed E-state index contributed by atoms with van der Waals surface area (Å²) in [5.74, 6) is -1.26. The first kappa shape index (κ1) is 12.8. The second-order valence-corrected chi connectivity index (χ2v) is 5.49. The van der Waals surface area contributed by atoms with E-state index in [9.17, 15) is 13.2 Å². The molecule has 0 saturated heterocycles. The number of carboxylic acids is 1. The van der Waals surface area contributed by atoms with Crippen molar-refractivity contribution in [2.75, 3.05) is 10.5 Å². The third kappa shape index (κ3) is 3.39. The van der Waals surface area contributed by atoms with E-state index in [1.165, 1.54) is 25.1 Å². The van der Waals surface area contributed by atoms with E-state index in [2.05, 4.69) is 4.72 Å². The molecule has 0 aliphatic heterocycles. The minimum atomic E-state index is -3.43. The fraction of sp³-hybridized carbons (Fsp3) is 0.222. The van der Waals surface area contributed by atoms with Gasteiger partial charge in [0.2, 0.25) is 10.0 Å². The van der Waals surface area contributed by atoms with Crippen LogP contribution in [0.2, 0.25) is 5.02 Å². The first-order valence-corrected chi connectivity index (χ1v) is 6.41. The molecule has 0 heterocycles. The Hall–Kier alpha value is -1.27. The minimum absolute atomic E-state index is 0.0682. The lowest BCUT2D eigenvalue weighted by Gasteiger charge is -2.07. The molecule has 0 aromatic heterocycles. The molecule has 0 radical (unpaired) electrons. The van der Waals surface area contributed by atoms with E-state index in [0.717, 1.165) is 0 Å². The molecule has 1 rings (SSSR count). The molecule has 5 nitrogen and oxygen atoms in total. The largest absolute Gasteiger partial charge is 0.478 e. The van der Waals surface area contributed by atoms with Gasteiger partial charge in [0.1, 0.15) is 0 Å². The van der Waals surface area contributed by atoms with Crippen LogP contribution in [0.5, 0.6) is 0 Å². The number of aromatic carboxylic acids is 1. The van der Waals surface area contributed by atoms with E-state index in [0.29, 0.717) is 0 Å². The molecule has 1 aromatic rings. The molecular formula is C9H10ClNO4S. The van der Waals surface area contributed by atoms with Gasteiger partial charge in [0.15, 0.2) is 0 Å². The van der Waals surface area contributed by atoms with Gasteiger partial charge in [0, 0.05) is 5.02 Å². The lowest BCUT2D eigenvalue weighted by atomic mass is 10.2. The van der Waals surface area contributed by atoms with E-state index in [1.54, 1.807) is 0 Å². The Kier molecular flexibility index (Phi) is 3.77. The van der Waals surface area contributed by atoms with Gasteiger partial charge in [-0.3, -0.25) is 4.72 Å². The molecule has 0 fully saturated rings. The van der Waals surface area contributed by atoms with Gasteiger partial charge in [-0.15, -0.1) is 0 Å². The fourth-order valence-corrected chi connectivity index (χ4v) is 1.88. The highest BCUT2D eigenvalue weighted by atomic mass is 35.5. The molecule has 2 N–H and O–H groups in total. The van der Waals surface area contributed by atoms with Crippen molar-refractivity contribution in [3.05, 3.63) is 28.8 Å². The monoisotopic (exact) mass is 263 g/mol. The van der Waals surface area contributed by atoms with Crippen molar-refractivity contribution < 1.29 is 18.3 Å². The van der Waals surface area contributed by atoms with Crippen molar-refractivity contribution in [1.82, 2.24) is 0 Å². The molecule has 1 aromatic carbocycles. The lowest BCUT2D eigenvalue weighted by molar-refractivity contribution is 0.0697. The maximum absolute atomic E-state index is 11.3. The van der Waals surface area contributed by atoms with Crippen molar-refractivity contribution in [3.8, 4) is 0 Å². The summed E-state index contributed by atoms with van der Waals surface area (Å²) in [4.78, 5) is 10.7. The third-order valence-electron chi connectivity index (χ3n) is 1.80. The maximum Gasteiger partial charge on any atom is 0.335 e. The van der Waals surface area contributed by atoms with E-state index in [4.69, 9.17) is 16.7 Å². The first-order chi connectivity index (χ1) is 7.34. The Morgan fingerprint density at radius 3 is 2.56 bits per heavy atom. The Labute approximate surface area is 98.1 Å². The van der Waals surface area contributed by atoms with Crippen molar-refractivity contribution in [3.63, 3.8) is 0 Å². The smallest absolute Gasteiger partial charge is 0.335 e. The van der Waals surface area contributed by atoms with Crippen molar-refractivity contribution in [2.24, 2.45) is 0 Å². The number of halogens is 1. The molecule has 16 heavy (non-hydrogen) atoms. The predicted octanol–water partition coefficient (Wildman–Crippen LogP) is 1.80. The van der Waals surface area contributed by atoms with Crippen molar-refractivity contribution in [2.45, 2.75) is 6.92 Å². The number of sulfonamides is 1. The summed E-state index contributed by atoms with van der Waals surface area (Å²) < 4.78 is 24.7. The van der Waals surface area contributed by atoms with Crippen LogP contribution in [-0.4, -0.2) is 25.2 Å². The number of anilines is 1. The van der Waals surface area contributed by atoms with Gasteiger partial charge in [-0.05, 0) is 25.1 Å². The molecule has 0 saturated carbocycles. The normalized spacial score (nSPS) is 11.1. The summed E-state index contributed by atoms with van der Waals surface area (Å²) in [6.45, 7) is 1.48. The van der Waals surface area contributed by atoms with Gasteiger partial charge >= 0.3 is 5.97 Å². The van der Waals surface area contributed by atoms with Gasteiger partial charge in [-0.2, -0.15) is 0 Å². The predicted molar refractivity (Wildman–Crippen MR) is 61.5 cm³/mol. The average Bonchev–Trinajstić information content (AvgIpc) is 2.16. The van der Waals surface area contributed by atoms with Crippen LogP contribution in [0, 0.1) is 0 Å². The van der Waals surface area contributed by atoms with Crippen LogP contribution < -0.4 is 4.72 Å². The summed E-state index contributed by atoms with van der Waals surface area (Å²) in [5, 5.41) is 8.91. The topological polar surface area (TPSA) is 83.5 Å². The molecule has 0 amide bonds. The van der Waals surface area contributed by atoms with Gasteiger partial charge in [0.25, 0.3) is 0 Å². The molecule has 0 aliphatic rings. The Bertz CT molecular complexity index is 512. The summed E-state index contributed by atoms with van der Waals surface area (Å²) in [6, 6.07) is 3.80. The summed E-state index contributed by atoms with van der Waals surface area (Å²) >= 11 is 5.67. The maximum atomic E-state index is 11.3. The van der Waals surface area contributed by atoms with Crippen molar-refractivity contribution in [1.29, 1.82) is 0 Å². The second-order valence-electron chi connectivity index (χ2n) is 3.04. The SMILES string of the molecule is CCS(=O)(=O)Nc1cc(Cl)cc(C(=O)O)c1. The molecule has 7 heteroatoms. The van der Waals surface area contributed by atoms with Crippen LogP contribution in [-0.2, 0) is 10.0 Å². The lowest BCUT2D eigenvalue weighted by Crippen LogP contribution is -2.15. The van der Waals surface area contributed by atoms with E-state index in [1.807, 2.05) is 0 Å². The number of hydrogen-bond donors (Lipinski definition) is 2. The molecule has 0 unspecified atom stereocenters. The number of carboxylic acid groups (broad SMARTS) is 1. The number of nitrogens with one attached hydrogen (secondary N) is 1. The number of hydrogen-bond acceptors (Lipinski definition) is 3. The number of benzene rings is 1. The Morgan fingerprint density at radius 1 is 1.44 bits per heavy atom. The molecular weight excluding hydrogens is 254 g/mol. The average molecular weight is 264 g/mol. The highest BCUT2D eigenvalue weighted by Crippen LogP contribution is 2.20. The Balaban J connectivity index is 3.11. The molecule has 88 valence electrons. The fourth-order valence-electron chi connectivity index (χ4n) is 1.02. The molecule has 0 bridgehead atoms. The number of carbonyl (C=O) groups is 1. The van der Waals surface area contributed by atoms with Crippen LogP contribution in [0.1, 0.15) is 17.3 Å². The summed E-state index contributed by atoms with van der Waals surface area (Å²) in [6.07, 6.45) is 0. The first-order valence-electron chi connectivity index (χ1n) is 4.38.